The number of nitrogens with one attached hydrogen (secondary N) is 3. The van der Waals surface area contributed by atoms with E-state index in [2.05, 4.69) is 16.0 Å². The van der Waals surface area contributed by atoms with Crippen LogP contribution in [0.3, 0.4) is 0 Å². The number of hydrogen-bond donors (Lipinski definition) is 3. The normalized spacial score (nSPS) is 30.0. The zero-order chi connectivity index (χ0) is 25.4. The van der Waals surface area contributed by atoms with Crippen LogP contribution in [0.15, 0.2) is 24.3 Å². The molecule has 35 heavy (non-hydrogen) atoms. The highest BCUT2D eigenvalue weighted by molar-refractivity contribution is 5.96. The Balaban J connectivity index is 1.29. The van der Waals surface area contributed by atoms with Crippen LogP contribution in [0, 0.1) is 0 Å². The number of carbonyl (C=O) groups is 3. The van der Waals surface area contributed by atoms with E-state index in [0.29, 0.717) is 11.4 Å². The van der Waals surface area contributed by atoms with Gasteiger partial charge in [0.15, 0.2) is 24.0 Å². The highest BCUT2D eigenvalue weighted by Crippen LogP contribution is 2.44. The number of carbonyl (C=O) groups excluding carboxylic acids is 3. The summed E-state index contributed by atoms with van der Waals surface area (Å²) in [7, 11) is 1.49. The van der Waals surface area contributed by atoms with Gasteiger partial charge in [-0.2, -0.15) is 0 Å². The minimum Gasteiger partial charge on any atom is -0.495 e. The topological polar surface area (TPSA) is 143 Å². The molecule has 1 aromatic carbocycles. The summed E-state index contributed by atoms with van der Waals surface area (Å²) >= 11 is 0. The van der Waals surface area contributed by atoms with Crippen LogP contribution in [0.1, 0.15) is 27.7 Å². The van der Waals surface area contributed by atoms with E-state index < -0.39 is 60.0 Å². The van der Waals surface area contributed by atoms with Crippen molar-refractivity contribution in [3.63, 3.8) is 0 Å². The molecule has 0 spiro atoms. The second-order valence-corrected chi connectivity index (χ2v) is 9.33. The van der Waals surface area contributed by atoms with Gasteiger partial charge in [-0.3, -0.25) is 14.4 Å². The van der Waals surface area contributed by atoms with Crippen molar-refractivity contribution >= 4 is 23.4 Å². The zero-order valence-electron chi connectivity index (χ0n) is 20.3. The summed E-state index contributed by atoms with van der Waals surface area (Å²) < 4.78 is 34.6. The molecule has 3 fully saturated rings. The lowest BCUT2D eigenvalue weighted by Crippen LogP contribution is -2.60. The van der Waals surface area contributed by atoms with Gasteiger partial charge in [0.1, 0.15) is 24.1 Å². The summed E-state index contributed by atoms with van der Waals surface area (Å²) in [6.45, 7) is 6.31. The summed E-state index contributed by atoms with van der Waals surface area (Å²) in [6, 6.07) is 6.90. The number of amides is 3. The highest BCUT2D eigenvalue weighted by atomic mass is 16.9. The van der Waals surface area contributed by atoms with Gasteiger partial charge in [-0.05, 0) is 39.8 Å². The van der Waals surface area contributed by atoms with Crippen LogP contribution in [0.2, 0.25) is 0 Å². The maximum atomic E-state index is 12.9. The predicted octanol–water partition coefficient (Wildman–Crippen LogP) is 0.263. The molecule has 1 aromatic rings. The molecule has 5 atom stereocenters. The Morgan fingerprint density at radius 1 is 0.857 bits per heavy atom. The fourth-order valence-corrected chi connectivity index (χ4v) is 4.27. The first-order chi connectivity index (χ1) is 16.5. The molecular formula is C23H31N3O9. The highest BCUT2D eigenvalue weighted by Gasteiger charge is 2.62. The number of hydrogen-bond acceptors (Lipinski definition) is 9. The largest absolute Gasteiger partial charge is 0.495 e. The molecule has 4 rings (SSSR count). The first kappa shape index (κ1) is 25.3. The average molecular weight is 494 g/mol. The lowest BCUT2D eigenvalue weighted by atomic mass is 9.98. The molecule has 12 nitrogen and oxygen atoms in total. The Morgan fingerprint density at radius 2 is 1.49 bits per heavy atom. The molecule has 0 radical (unpaired) electrons. The van der Waals surface area contributed by atoms with E-state index in [1.165, 1.54) is 7.11 Å². The van der Waals surface area contributed by atoms with E-state index >= 15 is 0 Å². The van der Waals surface area contributed by atoms with Crippen LogP contribution in [0.5, 0.6) is 5.75 Å². The lowest BCUT2D eigenvalue weighted by molar-refractivity contribution is -0.231. The number of ether oxygens (including phenoxy) is 6. The fraction of sp³-hybridized carbons (Fsp3) is 0.609. The molecule has 0 saturated carbocycles. The minimum absolute atomic E-state index is 0.285. The van der Waals surface area contributed by atoms with Gasteiger partial charge in [-0.15, -0.1) is 0 Å². The number of benzene rings is 1. The maximum absolute atomic E-state index is 12.9. The summed E-state index contributed by atoms with van der Waals surface area (Å²) in [5.74, 6) is -2.93. The van der Waals surface area contributed by atoms with Crippen molar-refractivity contribution in [3.8, 4) is 5.75 Å². The molecule has 0 unspecified atom stereocenters. The van der Waals surface area contributed by atoms with E-state index in [-0.39, 0.29) is 13.1 Å². The van der Waals surface area contributed by atoms with Gasteiger partial charge in [0, 0.05) is 0 Å². The number of methoxy groups -OCH3 is 1. The first-order valence-electron chi connectivity index (χ1n) is 11.3. The van der Waals surface area contributed by atoms with Crippen molar-refractivity contribution in [1.29, 1.82) is 0 Å². The van der Waals surface area contributed by atoms with Crippen molar-refractivity contribution in [2.24, 2.45) is 0 Å². The molecule has 3 aliphatic rings. The van der Waals surface area contributed by atoms with Crippen LogP contribution in [-0.2, 0) is 38.1 Å². The molecule has 0 aromatic heterocycles. The third kappa shape index (κ3) is 5.73. The van der Waals surface area contributed by atoms with Crippen molar-refractivity contribution in [3.05, 3.63) is 24.3 Å². The number of para-hydroxylation sites is 2. The van der Waals surface area contributed by atoms with Crippen molar-refractivity contribution in [1.82, 2.24) is 10.6 Å². The van der Waals surface area contributed by atoms with E-state index in [0.717, 1.165) is 0 Å². The van der Waals surface area contributed by atoms with Gasteiger partial charge in [0.25, 0.3) is 5.91 Å². The van der Waals surface area contributed by atoms with Crippen molar-refractivity contribution in [2.75, 3.05) is 25.5 Å². The molecule has 0 aliphatic carbocycles. The summed E-state index contributed by atoms with van der Waals surface area (Å²) in [6.07, 6.45) is -3.81. The lowest BCUT2D eigenvalue weighted by Gasteiger charge is -2.36. The summed E-state index contributed by atoms with van der Waals surface area (Å²) in [5.41, 5.74) is 0.479. The molecule has 3 N–H and O–H groups in total. The smallest absolute Gasteiger partial charge is 0.252 e. The monoisotopic (exact) mass is 493 g/mol. The van der Waals surface area contributed by atoms with E-state index in [1.54, 1.807) is 52.0 Å². The molecule has 192 valence electrons. The third-order valence-corrected chi connectivity index (χ3v) is 5.66. The Kier molecular flexibility index (Phi) is 7.02. The van der Waals surface area contributed by atoms with Crippen LogP contribution in [0.4, 0.5) is 5.69 Å². The average Bonchev–Trinajstić information content (AvgIpc) is 3.29. The molecule has 3 amide bonds. The van der Waals surface area contributed by atoms with E-state index in [4.69, 9.17) is 28.4 Å². The molecular weight excluding hydrogens is 462 g/mol. The van der Waals surface area contributed by atoms with Gasteiger partial charge in [0.2, 0.25) is 11.8 Å². The van der Waals surface area contributed by atoms with Gasteiger partial charge < -0.3 is 44.4 Å². The first-order valence-corrected chi connectivity index (χ1v) is 11.3. The molecule has 12 heteroatoms. The SMILES string of the molecule is COc1ccccc1NC(=O)CNC(=O)CNC(=O)[C@@H]1O[C@@H]2OC(C)(C)O[C@@H]2[C@@H]2OC(C)(C)O[C@@H]21. The van der Waals surface area contributed by atoms with Gasteiger partial charge in [-0.25, -0.2) is 0 Å². The minimum atomic E-state index is -1.08. The summed E-state index contributed by atoms with van der Waals surface area (Å²) in [4.78, 5) is 37.3. The van der Waals surface area contributed by atoms with Crippen molar-refractivity contribution < 1.29 is 42.8 Å². The van der Waals surface area contributed by atoms with Crippen LogP contribution in [-0.4, -0.2) is 80.2 Å². The Bertz CT molecular complexity index is 983. The third-order valence-electron chi connectivity index (χ3n) is 5.66. The standard InChI is InChI=1S/C23H31N3O9/c1-22(2)32-16-17(33-22)19-21(35-23(3,4)34-19)31-18(16)20(29)25-10-14(27)24-11-15(28)26-12-8-6-7-9-13(12)30-5/h6-9,16-19,21H,10-11H2,1-5H3,(H,24,27)(H,25,29)(H,26,28)/t16-,17+,18+,19+,21+/m0/s1. The second kappa shape index (κ2) is 9.70. The Hall–Kier alpha value is -2.77. The molecule has 3 aliphatic heterocycles. The van der Waals surface area contributed by atoms with Crippen LogP contribution >= 0.6 is 0 Å². The molecule has 3 heterocycles. The summed E-state index contributed by atoms with van der Waals surface area (Å²) in [5, 5.41) is 7.63. The Labute approximate surface area is 202 Å². The van der Waals surface area contributed by atoms with Gasteiger partial charge in [0.05, 0.1) is 25.9 Å². The van der Waals surface area contributed by atoms with Gasteiger partial charge in [-0.1, -0.05) is 12.1 Å². The van der Waals surface area contributed by atoms with Gasteiger partial charge >= 0.3 is 0 Å². The fourth-order valence-electron chi connectivity index (χ4n) is 4.27. The molecule has 0 bridgehead atoms. The van der Waals surface area contributed by atoms with Crippen LogP contribution in [0.25, 0.3) is 0 Å². The number of anilines is 1. The quantitative estimate of drug-likeness (QED) is 0.487. The number of rotatable bonds is 7. The van der Waals surface area contributed by atoms with E-state index in [1.807, 2.05) is 0 Å². The van der Waals surface area contributed by atoms with E-state index in [9.17, 15) is 14.4 Å². The second-order valence-electron chi connectivity index (χ2n) is 9.33. The molecule has 3 saturated heterocycles. The number of fused-ring (bicyclic) bond motifs is 3. The maximum Gasteiger partial charge on any atom is 0.252 e. The Morgan fingerprint density at radius 3 is 2.23 bits per heavy atom. The zero-order valence-corrected chi connectivity index (χ0v) is 20.3. The predicted molar refractivity (Wildman–Crippen MR) is 120 cm³/mol. The van der Waals surface area contributed by atoms with Crippen molar-refractivity contribution in [2.45, 2.75) is 70.0 Å². The van der Waals surface area contributed by atoms with Crippen LogP contribution < -0.4 is 20.7 Å².